The fourth-order valence-electron chi connectivity index (χ4n) is 5.44. The molecule has 0 radical (unpaired) electrons. The highest BCUT2D eigenvalue weighted by molar-refractivity contribution is 5.79. The van der Waals surface area contributed by atoms with Crippen LogP contribution < -0.4 is 0 Å². The summed E-state index contributed by atoms with van der Waals surface area (Å²) in [5, 5.41) is 9.27. The molecule has 1 rings (SSSR count). The van der Waals surface area contributed by atoms with Gasteiger partial charge in [-0.3, -0.25) is 9.59 Å². The van der Waals surface area contributed by atoms with E-state index in [1.165, 1.54) is 83.5 Å². The second-order valence-corrected chi connectivity index (χ2v) is 12.3. The molecule has 1 aliphatic rings. The molecule has 0 bridgehead atoms. The van der Waals surface area contributed by atoms with Gasteiger partial charge in [-0.25, -0.2) is 0 Å². The largest absolute Gasteiger partial charge is 0.481 e. The lowest BCUT2D eigenvalue weighted by atomic mass is 9.72. The van der Waals surface area contributed by atoms with Crippen molar-refractivity contribution in [3.05, 3.63) is 12.2 Å². The summed E-state index contributed by atoms with van der Waals surface area (Å²) in [5.41, 5.74) is 0.291. The Morgan fingerprint density at radius 2 is 1.31 bits per heavy atom. The number of ether oxygens (including phenoxy) is 1. The van der Waals surface area contributed by atoms with E-state index >= 15 is 0 Å². The van der Waals surface area contributed by atoms with Crippen molar-refractivity contribution >= 4 is 11.9 Å². The first-order valence-corrected chi connectivity index (χ1v) is 15.3. The van der Waals surface area contributed by atoms with Gasteiger partial charge in [0, 0.05) is 0 Å². The Morgan fingerprint density at radius 3 is 1.78 bits per heavy atom. The minimum absolute atomic E-state index is 0.0535. The van der Waals surface area contributed by atoms with Crippen LogP contribution in [0.3, 0.4) is 0 Å². The van der Waals surface area contributed by atoms with Crippen LogP contribution in [0.25, 0.3) is 0 Å². The second kappa shape index (κ2) is 19.7. The van der Waals surface area contributed by atoms with Crippen molar-refractivity contribution in [3.8, 4) is 0 Å². The van der Waals surface area contributed by atoms with Gasteiger partial charge in [-0.05, 0) is 56.3 Å². The van der Waals surface area contributed by atoms with E-state index in [0.29, 0.717) is 17.8 Å². The molecule has 0 aliphatic heterocycles. The van der Waals surface area contributed by atoms with Crippen molar-refractivity contribution in [1.29, 1.82) is 0 Å². The lowest BCUT2D eigenvalue weighted by Crippen LogP contribution is -2.32. The van der Waals surface area contributed by atoms with Crippen LogP contribution in [0.4, 0.5) is 0 Å². The molecule has 1 atom stereocenters. The lowest BCUT2D eigenvalue weighted by Gasteiger charge is -2.36. The first-order valence-electron chi connectivity index (χ1n) is 15.3. The van der Waals surface area contributed by atoms with E-state index in [4.69, 9.17) is 4.74 Å². The first kappa shape index (κ1) is 32.7. The number of hydrogen-bond acceptors (Lipinski definition) is 3. The summed E-state index contributed by atoms with van der Waals surface area (Å²) < 4.78 is 5.76. The Balaban J connectivity index is 2.13. The van der Waals surface area contributed by atoms with Crippen molar-refractivity contribution < 1.29 is 19.4 Å². The Hall–Kier alpha value is -1.32. The number of carboxylic acids is 1. The molecule has 1 unspecified atom stereocenters. The van der Waals surface area contributed by atoms with Crippen molar-refractivity contribution in [2.75, 3.05) is 0 Å². The van der Waals surface area contributed by atoms with Crippen LogP contribution in [-0.2, 0) is 14.3 Å². The lowest BCUT2D eigenvalue weighted by molar-refractivity contribution is -0.159. The fraction of sp³-hybridized carbons (Fsp3) is 0.875. The van der Waals surface area contributed by atoms with Gasteiger partial charge in [0.25, 0.3) is 0 Å². The molecule has 1 aliphatic carbocycles. The topological polar surface area (TPSA) is 63.6 Å². The normalized spacial score (nSPS) is 19.4. The molecule has 4 nitrogen and oxygen atoms in total. The van der Waals surface area contributed by atoms with Crippen LogP contribution in [0.1, 0.15) is 156 Å². The zero-order valence-corrected chi connectivity index (χ0v) is 24.2. The van der Waals surface area contributed by atoms with Crippen molar-refractivity contribution in [1.82, 2.24) is 0 Å². The van der Waals surface area contributed by atoms with E-state index in [1.54, 1.807) is 0 Å². The third-order valence-corrected chi connectivity index (χ3v) is 8.00. The molecular formula is C32H58O4. The fourth-order valence-corrected chi connectivity index (χ4v) is 5.44. The summed E-state index contributed by atoms with van der Waals surface area (Å²) in [6.07, 6.45) is 26.9. The van der Waals surface area contributed by atoms with Gasteiger partial charge in [0.2, 0.25) is 0 Å². The van der Waals surface area contributed by atoms with Crippen LogP contribution in [0.15, 0.2) is 12.2 Å². The van der Waals surface area contributed by atoms with Crippen LogP contribution in [0.2, 0.25) is 0 Å². The number of carbonyl (C=O) groups excluding carboxylic acids is 1. The van der Waals surface area contributed by atoms with Gasteiger partial charge >= 0.3 is 11.9 Å². The van der Waals surface area contributed by atoms with Crippen LogP contribution in [0, 0.1) is 17.3 Å². The molecule has 0 aromatic rings. The van der Waals surface area contributed by atoms with Crippen molar-refractivity contribution in [2.24, 2.45) is 17.3 Å². The van der Waals surface area contributed by atoms with E-state index in [2.05, 4.69) is 33.8 Å². The number of esters is 1. The maximum atomic E-state index is 12.7. The SMILES string of the molecule is CCCCCCCCCCCCCCCC=CCC(CC(=O)O)C(=O)OC1CCC(C(C)(C)C)CC1. The Labute approximate surface area is 223 Å². The highest BCUT2D eigenvalue weighted by atomic mass is 16.5. The Kier molecular flexibility index (Phi) is 17.9. The maximum Gasteiger partial charge on any atom is 0.310 e. The molecule has 0 aromatic heterocycles. The van der Waals surface area contributed by atoms with Gasteiger partial charge in [0.1, 0.15) is 6.10 Å². The molecule has 1 saturated carbocycles. The summed E-state index contributed by atoms with van der Waals surface area (Å²) in [5.74, 6) is -1.18. The minimum atomic E-state index is -0.932. The van der Waals surface area contributed by atoms with E-state index in [9.17, 15) is 14.7 Å². The summed E-state index contributed by atoms with van der Waals surface area (Å²) in [4.78, 5) is 24.0. The molecule has 210 valence electrons. The van der Waals surface area contributed by atoms with Crippen molar-refractivity contribution in [3.63, 3.8) is 0 Å². The highest BCUT2D eigenvalue weighted by Gasteiger charge is 2.32. The van der Waals surface area contributed by atoms with Gasteiger partial charge in [-0.15, -0.1) is 0 Å². The van der Waals surface area contributed by atoms with Gasteiger partial charge < -0.3 is 9.84 Å². The third-order valence-electron chi connectivity index (χ3n) is 8.00. The minimum Gasteiger partial charge on any atom is -0.481 e. The van der Waals surface area contributed by atoms with Crippen molar-refractivity contribution in [2.45, 2.75) is 162 Å². The van der Waals surface area contributed by atoms with Crippen LogP contribution in [0.5, 0.6) is 0 Å². The number of rotatable bonds is 20. The maximum absolute atomic E-state index is 12.7. The average Bonchev–Trinajstić information content (AvgIpc) is 2.82. The standard InChI is InChI=1S/C32H58O4/c1-5-6-7-8-9-10-11-12-13-14-15-16-17-18-19-20-21-27(26-30(33)34)31(35)36-29-24-22-28(23-25-29)32(2,3)4/h19-20,27-29H,5-18,21-26H2,1-4H3,(H,33,34). The monoisotopic (exact) mass is 506 g/mol. The van der Waals surface area contributed by atoms with E-state index in [0.717, 1.165) is 32.1 Å². The second-order valence-electron chi connectivity index (χ2n) is 12.3. The molecule has 0 heterocycles. The third kappa shape index (κ3) is 16.4. The molecule has 0 amide bonds. The molecule has 0 spiro atoms. The molecule has 1 fully saturated rings. The summed E-state index contributed by atoms with van der Waals surface area (Å²) in [6, 6.07) is 0. The predicted octanol–water partition coefficient (Wildman–Crippen LogP) is 9.65. The van der Waals surface area contributed by atoms with E-state index < -0.39 is 11.9 Å². The highest BCUT2D eigenvalue weighted by Crippen LogP contribution is 2.38. The molecule has 0 aromatic carbocycles. The summed E-state index contributed by atoms with van der Waals surface area (Å²) in [7, 11) is 0. The van der Waals surface area contributed by atoms with Crippen LogP contribution >= 0.6 is 0 Å². The van der Waals surface area contributed by atoms with Gasteiger partial charge in [-0.2, -0.15) is 0 Å². The quantitative estimate of drug-likeness (QED) is 0.101. The molecule has 4 heteroatoms. The molecule has 0 saturated heterocycles. The molecule has 36 heavy (non-hydrogen) atoms. The van der Waals surface area contributed by atoms with Gasteiger partial charge in [0.15, 0.2) is 0 Å². The number of carboxylic acid groups (broad SMARTS) is 1. The predicted molar refractivity (Wildman–Crippen MR) is 151 cm³/mol. The Morgan fingerprint density at radius 1 is 0.806 bits per heavy atom. The van der Waals surface area contributed by atoms with Gasteiger partial charge in [-0.1, -0.05) is 117 Å². The number of unbranched alkanes of at least 4 members (excludes halogenated alkanes) is 13. The summed E-state index contributed by atoms with van der Waals surface area (Å²) in [6.45, 7) is 9.10. The zero-order valence-electron chi connectivity index (χ0n) is 24.2. The van der Waals surface area contributed by atoms with E-state index in [1.807, 2.05) is 6.08 Å². The summed E-state index contributed by atoms with van der Waals surface area (Å²) >= 11 is 0. The van der Waals surface area contributed by atoms with E-state index in [-0.39, 0.29) is 18.5 Å². The number of hydrogen-bond donors (Lipinski definition) is 1. The smallest absolute Gasteiger partial charge is 0.310 e. The van der Waals surface area contributed by atoms with Gasteiger partial charge in [0.05, 0.1) is 12.3 Å². The average molecular weight is 507 g/mol. The molecule has 1 N–H and O–H groups in total. The zero-order chi connectivity index (χ0) is 26.7. The number of carbonyl (C=O) groups is 2. The Bertz CT molecular complexity index is 596. The number of aliphatic carboxylic acids is 1. The first-order chi connectivity index (χ1) is 17.2. The van der Waals surface area contributed by atoms with Crippen LogP contribution in [-0.4, -0.2) is 23.1 Å². The molecular weight excluding hydrogens is 448 g/mol. The number of allylic oxidation sites excluding steroid dienone is 2.